The molecule has 0 saturated carbocycles. The molecule has 0 aromatic heterocycles. The van der Waals surface area contributed by atoms with E-state index in [4.69, 9.17) is 4.74 Å². The minimum atomic E-state index is -1.15. The van der Waals surface area contributed by atoms with Gasteiger partial charge < -0.3 is 25.4 Å². The summed E-state index contributed by atoms with van der Waals surface area (Å²) in [5, 5.41) is 16.7. The van der Waals surface area contributed by atoms with Crippen molar-refractivity contribution in [1.29, 1.82) is 0 Å². The van der Waals surface area contributed by atoms with E-state index in [1.165, 1.54) is 0 Å². The summed E-state index contributed by atoms with van der Waals surface area (Å²) in [5.74, 6) is -2.43. The first-order valence-electron chi connectivity index (χ1n) is 15.0. The maximum atomic E-state index is 14.5. The molecule has 3 aliphatic rings. The first-order valence-corrected chi connectivity index (χ1v) is 15.0. The third-order valence-corrected chi connectivity index (χ3v) is 9.96. The summed E-state index contributed by atoms with van der Waals surface area (Å²) >= 11 is 0. The molecule has 220 valence electrons. The summed E-state index contributed by atoms with van der Waals surface area (Å²) in [6.45, 7) is 9.94. The van der Waals surface area contributed by atoms with Gasteiger partial charge >= 0.3 is 0 Å². The molecule has 3 amide bonds. The van der Waals surface area contributed by atoms with Gasteiger partial charge in [0.25, 0.3) is 0 Å². The predicted octanol–water partition coefficient (Wildman–Crippen LogP) is 4.12. The van der Waals surface area contributed by atoms with E-state index in [9.17, 15) is 19.5 Å². The molecule has 3 saturated heterocycles. The van der Waals surface area contributed by atoms with Crippen LogP contribution in [0.25, 0.3) is 0 Å². The van der Waals surface area contributed by atoms with Gasteiger partial charge in [-0.15, -0.1) is 0 Å². The van der Waals surface area contributed by atoms with Crippen molar-refractivity contribution in [3.63, 3.8) is 0 Å². The van der Waals surface area contributed by atoms with Gasteiger partial charge in [0.05, 0.1) is 30.1 Å². The van der Waals surface area contributed by atoms with Crippen molar-refractivity contribution in [3.05, 3.63) is 65.2 Å². The van der Waals surface area contributed by atoms with Crippen LogP contribution in [-0.4, -0.2) is 57.6 Å². The zero-order valence-electron chi connectivity index (χ0n) is 24.8. The lowest BCUT2D eigenvalue weighted by atomic mass is 9.65. The lowest BCUT2D eigenvalue weighted by Gasteiger charge is -2.39. The average molecular weight is 562 g/mol. The Hall–Kier alpha value is -3.23. The van der Waals surface area contributed by atoms with E-state index in [1.54, 1.807) is 4.90 Å². The number of nitrogens with one attached hydrogen (secondary N) is 2. The quantitative estimate of drug-likeness (QED) is 0.405. The highest BCUT2D eigenvalue weighted by molar-refractivity contribution is 6.04. The molecular formula is C33H43N3O5. The van der Waals surface area contributed by atoms with Crippen LogP contribution in [0.1, 0.15) is 63.1 Å². The molecule has 3 aliphatic heterocycles. The van der Waals surface area contributed by atoms with Crippen LogP contribution in [0.4, 0.5) is 5.69 Å². The van der Waals surface area contributed by atoms with Gasteiger partial charge in [0.15, 0.2) is 0 Å². The minimum absolute atomic E-state index is 0.0575. The van der Waals surface area contributed by atoms with Gasteiger partial charge in [-0.1, -0.05) is 69.7 Å². The molecule has 2 aromatic rings. The third-order valence-electron chi connectivity index (χ3n) is 9.96. The fraction of sp³-hybridized carbons (Fsp3) is 0.545. The lowest BCUT2D eigenvalue weighted by Crippen LogP contribution is -2.57. The largest absolute Gasteiger partial charge is 0.394 e. The highest BCUT2D eigenvalue weighted by Gasteiger charge is 2.79. The van der Waals surface area contributed by atoms with Crippen LogP contribution in [0.2, 0.25) is 0 Å². The Bertz CT molecular complexity index is 1320. The van der Waals surface area contributed by atoms with Crippen LogP contribution >= 0.6 is 0 Å². The minimum Gasteiger partial charge on any atom is -0.394 e. The Balaban J connectivity index is 1.55. The van der Waals surface area contributed by atoms with Crippen LogP contribution in [0.15, 0.2) is 48.5 Å². The van der Waals surface area contributed by atoms with E-state index in [2.05, 4.69) is 10.6 Å². The van der Waals surface area contributed by atoms with E-state index in [0.29, 0.717) is 31.5 Å². The zero-order chi connectivity index (χ0) is 29.5. The number of anilines is 1. The van der Waals surface area contributed by atoms with Gasteiger partial charge in [-0.05, 0) is 61.8 Å². The van der Waals surface area contributed by atoms with Gasteiger partial charge in [-0.2, -0.15) is 0 Å². The molecule has 0 aliphatic carbocycles. The van der Waals surface area contributed by atoms with Gasteiger partial charge in [0.2, 0.25) is 17.7 Å². The summed E-state index contributed by atoms with van der Waals surface area (Å²) in [5.41, 5.74) is 1.59. The van der Waals surface area contributed by atoms with Crippen molar-refractivity contribution in [2.24, 2.45) is 17.8 Å². The van der Waals surface area contributed by atoms with Gasteiger partial charge in [-0.3, -0.25) is 14.4 Å². The second kappa shape index (κ2) is 11.2. The van der Waals surface area contributed by atoms with Gasteiger partial charge in [0, 0.05) is 12.2 Å². The molecular weight excluding hydrogens is 518 g/mol. The van der Waals surface area contributed by atoms with E-state index < -0.39 is 35.1 Å². The molecule has 8 heteroatoms. The monoisotopic (exact) mass is 561 g/mol. The maximum absolute atomic E-state index is 14.5. The molecule has 1 spiro atoms. The number of hydrogen-bond donors (Lipinski definition) is 3. The number of fused-ring (bicyclic) bond motifs is 1. The van der Waals surface area contributed by atoms with Crippen LogP contribution in [-0.2, 0) is 25.7 Å². The third kappa shape index (κ3) is 4.75. The number of aliphatic hydroxyl groups excluding tert-OH is 1. The Morgan fingerprint density at radius 2 is 1.83 bits per heavy atom. The topological polar surface area (TPSA) is 108 Å². The number of nitrogens with zero attached hydrogens (tertiary/aromatic N) is 1. The summed E-state index contributed by atoms with van der Waals surface area (Å²) in [6, 6.07) is 14.0. The molecule has 7 atom stereocenters. The second-order valence-electron chi connectivity index (χ2n) is 12.2. The fourth-order valence-corrected chi connectivity index (χ4v) is 7.49. The summed E-state index contributed by atoms with van der Waals surface area (Å²) in [4.78, 5) is 44.3. The molecule has 5 rings (SSSR count). The zero-order valence-corrected chi connectivity index (χ0v) is 24.8. The standard InChI is InChI=1S/C33H43N3O5/c1-6-21(4)25(19-37)36-28(30(39)35-24-17-20(3)13-14-22(24)5)33-16-15-32(7-2,41-33)26(27(33)31(36)40)29(38)34-18-23-11-9-8-10-12-23/h8-14,17,21,25-28,37H,6-7,15-16,18-19H2,1-5H3,(H,34,38)(H,35,39)/t21-,25-,26-,27-,28?,32+,33?/m0/s1. The fourth-order valence-electron chi connectivity index (χ4n) is 7.49. The first-order chi connectivity index (χ1) is 19.6. The van der Waals surface area contributed by atoms with Crippen molar-refractivity contribution in [2.45, 2.75) is 90.1 Å². The number of rotatable bonds is 10. The van der Waals surface area contributed by atoms with Gasteiger partial charge in [-0.25, -0.2) is 0 Å². The van der Waals surface area contributed by atoms with Crippen molar-refractivity contribution in [1.82, 2.24) is 10.2 Å². The molecule has 3 N–H and O–H groups in total. The lowest BCUT2D eigenvalue weighted by molar-refractivity contribution is -0.150. The number of amides is 3. The number of ether oxygens (including phenoxy) is 1. The average Bonchev–Trinajstić information content (AvgIpc) is 3.58. The molecule has 8 nitrogen and oxygen atoms in total. The van der Waals surface area contributed by atoms with E-state index in [-0.39, 0.29) is 30.2 Å². The summed E-state index contributed by atoms with van der Waals surface area (Å²) in [6.07, 6.45) is 2.37. The highest BCUT2D eigenvalue weighted by Crippen LogP contribution is 2.64. The number of likely N-dealkylation sites (tertiary alicyclic amines) is 1. The van der Waals surface area contributed by atoms with Crippen molar-refractivity contribution in [3.8, 4) is 0 Å². The molecule has 2 aromatic carbocycles. The Labute approximate surface area is 242 Å². The summed E-state index contributed by atoms with van der Waals surface area (Å²) < 4.78 is 6.87. The van der Waals surface area contributed by atoms with Crippen molar-refractivity contribution in [2.75, 3.05) is 11.9 Å². The SMILES string of the molecule is CC[C@H](C)[C@H](CO)N1C(=O)[C@@H]2[C@@H](C(=O)NCc3ccccc3)[C@@]3(CC)CCC2(O3)C1C(=O)Nc1cc(C)ccc1C. The number of carbonyl (C=O) groups excluding carboxylic acids is 3. The van der Waals surface area contributed by atoms with E-state index in [1.807, 2.05) is 83.1 Å². The smallest absolute Gasteiger partial charge is 0.250 e. The number of aliphatic hydroxyl groups is 1. The number of aryl methyl sites for hydroxylation is 2. The predicted molar refractivity (Wildman–Crippen MR) is 157 cm³/mol. The second-order valence-corrected chi connectivity index (χ2v) is 12.2. The Kier molecular flexibility index (Phi) is 8.01. The number of hydrogen-bond acceptors (Lipinski definition) is 5. The summed E-state index contributed by atoms with van der Waals surface area (Å²) in [7, 11) is 0. The molecule has 2 bridgehead atoms. The number of carbonyl (C=O) groups is 3. The first kappa shape index (κ1) is 29.3. The maximum Gasteiger partial charge on any atom is 0.250 e. The Morgan fingerprint density at radius 3 is 2.49 bits per heavy atom. The van der Waals surface area contributed by atoms with E-state index in [0.717, 1.165) is 23.1 Å². The van der Waals surface area contributed by atoms with Crippen LogP contribution in [0, 0.1) is 31.6 Å². The molecule has 3 heterocycles. The number of benzene rings is 2. The molecule has 3 fully saturated rings. The highest BCUT2D eigenvalue weighted by atomic mass is 16.5. The van der Waals surface area contributed by atoms with Crippen LogP contribution < -0.4 is 10.6 Å². The molecule has 2 unspecified atom stereocenters. The van der Waals surface area contributed by atoms with Crippen LogP contribution in [0.5, 0.6) is 0 Å². The van der Waals surface area contributed by atoms with Gasteiger partial charge in [0.1, 0.15) is 11.6 Å². The Morgan fingerprint density at radius 1 is 1.10 bits per heavy atom. The van der Waals surface area contributed by atoms with Crippen LogP contribution in [0.3, 0.4) is 0 Å². The normalized spacial score (nSPS) is 29.8. The van der Waals surface area contributed by atoms with Crippen molar-refractivity contribution < 1.29 is 24.2 Å². The van der Waals surface area contributed by atoms with E-state index >= 15 is 0 Å². The molecule has 0 radical (unpaired) electrons. The van der Waals surface area contributed by atoms with Crippen molar-refractivity contribution >= 4 is 23.4 Å². The molecule has 41 heavy (non-hydrogen) atoms.